The summed E-state index contributed by atoms with van der Waals surface area (Å²) in [6.07, 6.45) is 5.82. The fourth-order valence-corrected chi connectivity index (χ4v) is 3.44. The molecule has 0 radical (unpaired) electrons. The van der Waals surface area contributed by atoms with Gasteiger partial charge in [-0.1, -0.05) is 31.4 Å². The van der Waals surface area contributed by atoms with Gasteiger partial charge in [0.05, 0.1) is 4.90 Å². The first kappa shape index (κ1) is 19.4. The van der Waals surface area contributed by atoms with Crippen molar-refractivity contribution in [3.63, 3.8) is 0 Å². The molecule has 1 saturated carbocycles. The first-order valence-electron chi connectivity index (χ1n) is 8.52. The summed E-state index contributed by atoms with van der Waals surface area (Å²) in [6, 6.07) is 6.38. The van der Waals surface area contributed by atoms with Gasteiger partial charge in [-0.3, -0.25) is 9.59 Å². The zero-order valence-corrected chi connectivity index (χ0v) is 15.0. The van der Waals surface area contributed by atoms with Crippen LogP contribution in [-0.2, 0) is 26.0 Å². The van der Waals surface area contributed by atoms with Gasteiger partial charge in [0.2, 0.25) is 21.8 Å². The fourth-order valence-electron chi connectivity index (χ4n) is 2.93. The van der Waals surface area contributed by atoms with Crippen molar-refractivity contribution in [3.8, 4) is 0 Å². The molecule has 138 valence electrons. The van der Waals surface area contributed by atoms with E-state index in [0.717, 1.165) is 31.2 Å². The maximum atomic E-state index is 11.8. The Balaban J connectivity index is 1.68. The molecule has 0 heterocycles. The lowest BCUT2D eigenvalue weighted by atomic mass is 9.95. The van der Waals surface area contributed by atoms with Gasteiger partial charge in [-0.15, -0.1) is 0 Å². The fraction of sp³-hybridized carbons (Fsp3) is 0.529. The minimum atomic E-state index is -3.69. The van der Waals surface area contributed by atoms with E-state index in [-0.39, 0.29) is 29.2 Å². The summed E-state index contributed by atoms with van der Waals surface area (Å²) in [5, 5.41) is 10.6. The molecule has 0 spiro atoms. The summed E-state index contributed by atoms with van der Waals surface area (Å²) in [4.78, 5) is 23.7. The third-order valence-electron chi connectivity index (χ3n) is 4.28. The van der Waals surface area contributed by atoms with Crippen molar-refractivity contribution in [3.05, 3.63) is 29.8 Å². The van der Waals surface area contributed by atoms with Gasteiger partial charge in [0.1, 0.15) is 6.42 Å². The zero-order chi connectivity index (χ0) is 18.3. The smallest absolute Gasteiger partial charge is 0.238 e. The van der Waals surface area contributed by atoms with Gasteiger partial charge in [-0.25, -0.2) is 13.6 Å². The maximum absolute atomic E-state index is 11.8. The molecule has 0 atom stereocenters. The van der Waals surface area contributed by atoms with Crippen molar-refractivity contribution in [2.45, 2.75) is 55.9 Å². The highest BCUT2D eigenvalue weighted by Gasteiger charge is 2.17. The Labute approximate surface area is 148 Å². The number of amides is 2. The molecule has 1 aliphatic carbocycles. The number of hydrogen-bond donors (Lipinski definition) is 3. The second kappa shape index (κ2) is 8.96. The van der Waals surface area contributed by atoms with E-state index in [1.54, 1.807) is 12.1 Å². The number of nitrogens with two attached hydrogens (primary N) is 1. The van der Waals surface area contributed by atoms with Crippen LogP contribution < -0.4 is 15.8 Å². The Hall–Kier alpha value is -1.93. The Morgan fingerprint density at radius 1 is 1.04 bits per heavy atom. The molecule has 2 rings (SSSR count). The standard InChI is InChI=1S/C17H25N3O4S/c18-25(23,24)15-8-6-13(7-9-15)10-11-19-16(21)12-17(22)20-14-4-2-1-3-5-14/h6-9,14H,1-5,10-12H2,(H,19,21)(H,20,22)(H2,18,23,24). The van der Waals surface area contributed by atoms with Gasteiger partial charge in [-0.2, -0.15) is 0 Å². The van der Waals surface area contributed by atoms with Crippen molar-refractivity contribution in [1.29, 1.82) is 0 Å². The van der Waals surface area contributed by atoms with Gasteiger partial charge in [-0.05, 0) is 37.0 Å². The van der Waals surface area contributed by atoms with Crippen molar-refractivity contribution < 1.29 is 18.0 Å². The summed E-state index contributed by atoms with van der Waals surface area (Å²) in [5.74, 6) is -0.545. The molecule has 1 aromatic carbocycles. The quantitative estimate of drug-likeness (QED) is 0.619. The molecular formula is C17H25N3O4S. The van der Waals surface area contributed by atoms with E-state index in [4.69, 9.17) is 5.14 Å². The van der Waals surface area contributed by atoms with E-state index < -0.39 is 10.0 Å². The van der Waals surface area contributed by atoms with Gasteiger partial charge in [0, 0.05) is 12.6 Å². The van der Waals surface area contributed by atoms with Crippen molar-refractivity contribution in [2.24, 2.45) is 5.14 Å². The van der Waals surface area contributed by atoms with Crippen LogP contribution in [0.2, 0.25) is 0 Å². The monoisotopic (exact) mass is 367 g/mol. The average Bonchev–Trinajstić information content (AvgIpc) is 2.55. The number of rotatable bonds is 7. The number of carbonyl (C=O) groups is 2. The molecule has 8 heteroatoms. The highest BCUT2D eigenvalue weighted by atomic mass is 32.2. The number of nitrogens with one attached hydrogen (secondary N) is 2. The number of carbonyl (C=O) groups excluding carboxylic acids is 2. The van der Waals surface area contributed by atoms with Crippen LogP contribution in [0.1, 0.15) is 44.1 Å². The number of hydrogen-bond acceptors (Lipinski definition) is 4. The molecule has 2 amide bonds. The Kier molecular flexibility index (Phi) is 6.95. The lowest BCUT2D eigenvalue weighted by Gasteiger charge is -2.22. The van der Waals surface area contributed by atoms with Crippen LogP contribution in [0.4, 0.5) is 0 Å². The van der Waals surface area contributed by atoms with Gasteiger partial charge < -0.3 is 10.6 Å². The summed E-state index contributed by atoms with van der Waals surface area (Å²) in [6.45, 7) is 0.379. The minimum absolute atomic E-state index is 0.0552. The second-order valence-electron chi connectivity index (χ2n) is 6.37. The Morgan fingerprint density at radius 3 is 2.28 bits per heavy atom. The second-order valence-corrected chi connectivity index (χ2v) is 7.93. The summed E-state index contributed by atoms with van der Waals surface area (Å²) < 4.78 is 22.4. The topological polar surface area (TPSA) is 118 Å². The lowest BCUT2D eigenvalue weighted by Crippen LogP contribution is -2.39. The van der Waals surface area contributed by atoms with Crippen LogP contribution >= 0.6 is 0 Å². The van der Waals surface area contributed by atoms with Crippen molar-refractivity contribution in [2.75, 3.05) is 6.54 Å². The Bertz CT molecular complexity index is 695. The molecule has 0 bridgehead atoms. The zero-order valence-electron chi connectivity index (χ0n) is 14.2. The van der Waals surface area contributed by atoms with Crippen LogP contribution in [0.5, 0.6) is 0 Å². The van der Waals surface area contributed by atoms with Gasteiger partial charge in [0.25, 0.3) is 0 Å². The summed E-state index contributed by atoms with van der Waals surface area (Å²) in [7, 11) is -3.69. The lowest BCUT2D eigenvalue weighted by molar-refractivity contribution is -0.129. The van der Waals surface area contributed by atoms with Gasteiger partial charge in [0.15, 0.2) is 0 Å². The van der Waals surface area contributed by atoms with E-state index in [1.165, 1.54) is 18.6 Å². The van der Waals surface area contributed by atoms with Crippen LogP contribution in [0.3, 0.4) is 0 Å². The minimum Gasteiger partial charge on any atom is -0.355 e. The third kappa shape index (κ3) is 6.83. The maximum Gasteiger partial charge on any atom is 0.238 e. The third-order valence-corrected chi connectivity index (χ3v) is 5.21. The normalized spacial score (nSPS) is 15.6. The number of primary sulfonamides is 1. The van der Waals surface area contributed by atoms with E-state index in [2.05, 4.69) is 10.6 Å². The van der Waals surface area contributed by atoms with Gasteiger partial charge >= 0.3 is 0 Å². The predicted octanol–water partition coefficient (Wildman–Crippen LogP) is 0.832. The summed E-state index contributed by atoms with van der Waals surface area (Å²) in [5.41, 5.74) is 0.874. The molecule has 25 heavy (non-hydrogen) atoms. The molecule has 4 N–H and O–H groups in total. The first-order chi connectivity index (χ1) is 11.8. The van der Waals surface area contributed by atoms with Crippen LogP contribution in [0.25, 0.3) is 0 Å². The van der Waals surface area contributed by atoms with E-state index in [0.29, 0.717) is 13.0 Å². The molecule has 7 nitrogen and oxygen atoms in total. The average molecular weight is 367 g/mol. The SMILES string of the molecule is NS(=O)(=O)c1ccc(CCNC(=O)CC(=O)NC2CCCCC2)cc1. The Morgan fingerprint density at radius 2 is 1.68 bits per heavy atom. The van der Waals surface area contributed by atoms with E-state index in [1.807, 2.05) is 0 Å². The molecular weight excluding hydrogens is 342 g/mol. The van der Waals surface area contributed by atoms with E-state index in [9.17, 15) is 18.0 Å². The summed E-state index contributed by atoms with van der Waals surface area (Å²) >= 11 is 0. The van der Waals surface area contributed by atoms with Crippen LogP contribution in [-0.4, -0.2) is 32.8 Å². The first-order valence-corrected chi connectivity index (χ1v) is 10.1. The molecule has 0 aromatic heterocycles. The van der Waals surface area contributed by atoms with Crippen molar-refractivity contribution >= 4 is 21.8 Å². The van der Waals surface area contributed by atoms with Crippen molar-refractivity contribution in [1.82, 2.24) is 10.6 Å². The molecule has 0 saturated heterocycles. The van der Waals surface area contributed by atoms with Crippen LogP contribution in [0, 0.1) is 0 Å². The molecule has 1 fully saturated rings. The van der Waals surface area contributed by atoms with E-state index >= 15 is 0 Å². The highest BCUT2D eigenvalue weighted by molar-refractivity contribution is 7.89. The highest BCUT2D eigenvalue weighted by Crippen LogP contribution is 2.17. The molecule has 0 unspecified atom stereocenters. The molecule has 1 aliphatic rings. The number of benzene rings is 1. The molecule has 1 aromatic rings. The largest absolute Gasteiger partial charge is 0.355 e. The van der Waals surface area contributed by atoms with Crippen LogP contribution in [0.15, 0.2) is 29.2 Å². The number of sulfonamides is 1. The predicted molar refractivity (Wildman–Crippen MR) is 94.2 cm³/mol. The molecule has 0 aliphatic heterocycles.